The first-order valence-corrected chi connectivity index (χ1v) is 14.0. The number of benzene rings is 2. The van der Waals surface area contributed by atoms with Gasteiger partial charge in [0, 0.05) is 13.1 Å². The van der Waals surface area contributed by atoms with Crippen LogP contribution in [-0.2, 0) is 32.3 Å². The maximum atomic E-state index is 11.8. The Kier molecular flexibility index (Phi) is 16.7. The van der Waals surface area contributed by atoms with E-state index in [2.05, 4.69) is 21.3 Å². The highest BCUT2D eigenvalue weighted by molar-refractivity contribution is 5.82. The third kappa shape index (κ3) is 16.7. The molecule has 0 aliphatic rings. The Bertz CT molecular complexity index is 922. The van der Waals surface area contributed by atoms with Crippen molar-refractivity contribution < 1.29 is 28.7 Å². The molecule has 2 rings (SSSR count). The van der Waals surface area contributed by atoms with E-state index in [1.54, 1.807) is 0 Å². The SMILES string of the molecule is O=C(CNC(=O)OCc1ccccc1)NCCCCCCCCCCNC(=O)CNC(=O)OCc1ccccc1. The summed E-state index contributed by atoms with van der Waals surface area (Å²) in [5, 5.41) is 10.5. The van der Waals surface area contributed by atoms with E-state index in [0.29, 0.717) is 13.1 Å². The second-order valence-electron chi connectivity index (χ2n) is 9.36. The maximum Gasteiger partial charge on any atom is 0.407 e. The molecule has 0 unspecified atom stereocenters. The van der Waals surface area contributed by atoms with Crippen molar-refractivity contribution >= 4 is 24.0 Å². The molecule has 4 N–H and O–H groups in total. The van der Waals surface area contributed by atoms with Crippen LogP contribution in [-0.4, -0.2) is 50.2 Å². The molecule has 218 valence electrons. The van der Waals surface area contributed by atoms with Crippen LogP contribution in [0.4, 0.5) is 9.59 Å². The van der Waals surface area contributed by atoms with Gasteiger partial charge in [0.15, 0.2) is 0 Å². The number of nitrogens with one attached hydrogen (secondary N) is 4. The van der Waals surface area contributed by atoms with Crippen molar-refractivity contribution in [2.45, 2.75) is 64.6 Å². The summed E-state index contributed by atoms with van der Waals surface area (Å²) < 4.78 is 10.1. The lowest BCUT2D eigenvalue weighted by molar-refractivity contribution is -0.121. The van der Waals surface area contributed by atoms with Gasteiger partial charge in [-0.3, -0.25) is 9.59 Å². The van der Waals surface area contributed by atoms with Gasteiger partial charge in [0.1, 0.15) is 13.2 Å². The number of carbonyl (C=O) groups excluding carboxylic acids is 4. The van der Waals surface area contributed by atoms with Gasteiger partial charge in [-0.1, -0.05) is 99.2 Å². The molecule has 0 saturated carbocycles. The van der Waals surface area contributed by atoms with Gasteiger partial charge in [-0.05, 0) is 24.0 Å². The van der Waals surface area contributed by atoms with E-state index in [0.717, 1.165) is 62.5 Å². The first-order valence-electron chi connectivity index (χ1n) is 14.0. The smallest absolute Gasteiger partial charge is 0.407 e. The van der Waals surface area contributed by atoms with Crippen molar-refractivity contribution in [1.29, 1.82) is 0 Å². The van der Waals surface area contributed by atoms with Crippen LogP contribution < -0.4 is 21.3 Å². The normalized spacial score (nSPS) is 10.3. The summed E-state index contributed by atoms with van der Waals surface area (Å²) in [5.74, 6) is -0.468. The predicted octanol–water partition coefficient (Wildman–Crippen LogP) is 4.19. The second-order valence-corrected chi connectivity index (χ2v) is 9.36. The number of carbonyl (C=O) groups is 4. The number of rotatable bonds is 19. The highest BCUT2D eigenvalue weighted by Gasteiger charge is 2.07. The fourth-order valence-corrected chi connectivity index (χ4v) is 3.74. The Balaban J connectivity index is 1.31. The van der Waals surface area contributed by atoms with Crippen LogP contribution in [0, 0.1) is 0 Å². The monoisotopic (exact) mass is 554 g/mol. The summed E-state index contributed by atoms with van der Waals surface area (Å²) in [4.78, 5) is 47.0. The lowest BCUT2D eigenvalue weighted by Crippen LogP contribution is -2.37. The third-order valence-electron chi connectivity index (χ3n) is 5.96. The number of hydrogen-bond donors (Lipinski definition) is 4. The summed E-state index contributed by atoms with van der Waals surface area (Å²) >= 11 is 0. The molecule has 2 aromatic carbocycles. The summed E-state index contributed by atoms with van der Waals surface area (Å²) in [6, 6.07) is 18.7. The number of ether oxygens (including phenoxy) is 2. The topological polar surface area (TPSA) is 135 Å². The molecule has 0 aliphatic heterocycles. The van der Waals surface area contributed by atoms with Gasteiger partial charge < -0.3 is 30.7 Å². The number of amides is 4. The molecule has 0 spiro atoms. The second kappa shape index (κ2) is 20.8. The van der Waals surface area contributed by atoms with Crippen molar-refractivity contribution in [3.63, 3.8) is 0 Å². The maximum absolute atomic E-state index is 11.8. The Hall–Kier alpha value is -4.08. The number of alkyl carbamates (subject to hydrolysis) is 2. The molecule has 0 heterocycles. The first-order chi connectivity index (χ1) is 19.5. The molecule has 0 radical (unpaired) electrons. The van der Waals surface area contributed by atoms with Gasteiger partial charge in [0.2, 0.25) is 11.8 Å². The van der Waals surface area contributed by atoms with Gasteiger partial charge in [-0.2, -0.15) is 0 Å². The van der Waals surface area contributed by atoms with Crippen LogP contribution in [0.5, 0.6) is 0 Å². The van der Waals surface area contributed by atoms with Crippen molar-refractivity contribution in [2.75, 3.05) is 26.2 Å². The van der Waals surface area contributed by atoms with Gasteiger partial charge in [0.05, 0.1) is 13.1 Å². The minimum Gasteiger partial charge on any atom is -0.445 e. The lowest BCUT2D eigenvalue weighted by atomic mass is 10.1. The van der Waals surface area contributed by atoms with E-state index >= 15 is 0 Å². The van der Waals surface area contributed by atoms with Gasteiger partial charge in [-0.25, -0.2) is 9.59 Å². The Labute approximate surface area is 236 Å². The highest BCUT2D eigenvalue weighted by atomic mass is 16.6. The average molecular weight is 555 g/mol. The fourth-order valence-electron chi connectivity index (χ4n) is 3.74. The van der Waals surface area contributed by atoms with Crippen LogP contribution in [0.3, 0.4) is 0 Å². The quantitative estimate of drug-likeness (QED) is 0.192. The largest absolute Gasteiger partial charge is 0.445 e. The molecule has 0 aliphatic carbocycles. The molecular formula is C30H42N4O6. The molecule has 4 amide bonds. The van der Waals surface area contributed by atoms with Crippen molar-refractivity contribution in [1.82, 2.24) is 21.3 Å². The van der Waals surface area contributed by atoms with E-state index in [9.17, 15) is 19.2 Å². The number of unbranched alkanes of at least 4 members (excludes halogenated alkanes) is 7. The molecule has 0 fully saturated rings. The summed E-state index contributed by atoms with van der Waals surface area (Å²) in [6.07, 6.45) is 7.08. The predicted molar refractivity (Wildman–Crippen MR) is 152 cm³/mol. The lowest BCUT2D eigenvalue weighted by Gasteiger charge is -2.08. The number of hydrogen-bond acceptors (Lipinski definition) is 6. The molecular weight excluding hydrogens is 512 g/mol. The minimum absolute atomic E-state index is 0.105. The van der Waals surface area contributed by atoms with Crippen LogP contribution in [0.1, 0.15) is 62.5 Å². The van der Waals surface area contributed by atoms with Crippen LogP contribution in [0.2, 0.25) is 0 Å². The van der Waals surface area contributed by atoms with Crippen molar-refractivity contribution in [2.24, 2.45) is 0 Å². The van der Waals surface area contributed by atoms with E-state index in [1.807, 2.05) is 60.7 Å². The van der Waals surface area contributed by atoms with Crippen LogP contribution in [0.25, 0.3) is 0 Å². The molecule has 0 saturated heterocycles. The summed E-state index contributed by atoms with van der Waals surface area (Å²) in [5.41, 5.74) is 1.77. The first kappa shape index (κ1) is 32.1. The third-order valence-corrected chi connectivity index (χ3v) is 5.96. The van der Waals surface area contributed by atoms with Gasteiger partial charge in [-0.15, -0.1) is 0 Å². The molecule has 10 nitrogen and oxygen atoms in total. The van der Waals surface area contributed by atoms with E-state index in [4.69, 9.17) is 9.47 Å². The minimum atomic E-state index is -0.616. The molecule has 0 aromatic heterocycles. The zero-order valence-electron chi connectivity index (χ0n) is 23.1. The molecule has 40 heavy (non-hydrogen) atoms. The highest BCUT2D eigenvalue weighted by Crippen LogP contribution is 2.08. The molecule has 0 atom stereocenters. The van der Waals surface area contributed by atoms with Gasteiger partial charge in [0.25, 0.3) is 0 Å². The standard InChI is InChI=1S/C30H42N4O6/c35-27(21-33-29(37)39-23-25-15-9-7-10-16-25)31-19-13-5-3-1-2-4-6-14-20-32-28(36)22-34-30(38)40-24-26-17-11-8-12-18-26/h7-12,15-18H,1-6,13-14,19-24H2,(H,31,35)(H,32,36)(H,33,37)(H,34,38). The Morgan fingerprint density at radius 3 is 1.20 bits per heavy atom. The van der Waals surface area contributed by atoms with Gasteiger partial charge >= 0.3 is 12.2 Å². The molecule has 0 bridgehead atoms. The molecule has 2 aromatic rings. The Morgan fingerprint density at radius 1 is 0.475 bits per heavy atom. The average Bonchev–Trinajstić information content (AvgIpc) is 2.98. The zero-order valence-corrected chi connectivity index (χ0v) is 23.1. The van der Waals surface area contributed by atoms with Crippen molar-refractivity contribution in [3.8, 4) is 0 Å². The Morgan fingerprint density at radius 2 is 0.825 bits per heavy atom. The summed E-state index contributed by atoms with van der Waals surface area (Å²) in [6.45, 7) is 1.28. The van der Waals surface area contributed by atoms with E-state index < -0.39 is 12.2 Å². The summed E-state index contributed by atoms with van der Waals surface area (Å²) in [7, 11) is 0. The van der Waals surface area contributed by atoms with Crippen molar-refractivity contribution in [3.05, 3.63) is 71.8 Å². The van der Waals surface area contributed by atoms with E-state index in [1.165, 1.54) is 0 Å². The molecule has 10 heteroatoms. The van der Waals surface area contributed by atoms with Crippen LogP contribution >= 0.6 is 0 Å². The fraction of sp³-hybridized carbons (Fsp3) is 0.467. The van der Waals surface area contributed by atoms with Crippen LogP contribution in [0.15, 0.2) is 60.7 Å². The van der Waals surface area contributed by atoms with E-state index in [-0.39, 0.29) is 38.1 Å². The zero-order chi connectivity index (χ0) is 28.7.